The zero-order chi connectivity index (χ0) is 13.8. The molecule has 0 saturated carbocycles. The predicted molar refractivity (Wildman–Crippen MR) is 74.7 cm³/mol. The third kappa shape index (κ3) is 2.49. The molecule has 19 heavy (non-hydrogen) atoms. The second-order valence-electron chi connectivity index (χ2n) is 3.93. The molecule has 0 radical (unpaired) electrons. The van der Waals surface area contributed by atoms with Gasteiger partial charge in [0, 0.05) is 11.1 Å². The van der Waals surface area contributed by atoms with Crippen molar-refractivity contribution in [3.05, 3.63) is 59.2 Å². The van der Waals surface area contributed by atoms with Crippen LogP contribution in [0.15, 0.2) is 42.5 Å². The maximum Gasteiger partial charge on any atom is 0.336 e. The largest absolute Gasteiger partial charge is 0.478 e. The van der Waals surface area contributed by atoms with Crippen LogP contribution in [-0.2, 0) is 0 Å². The Hall–Kier alpha value is -2.97. The first-order chi connectivity index (χ1) is 9.15. The Morgan fingerprint density at radius 1 is 1.00 bits per heavy atom. The van der Waals surface area contributed by atoms with Gasteiger partial charge in [-0.05, 0) is 35.4 Å². The van der Waals surface area contributed by atoms with Crippen LogP contribution in [-0.4, -0.2) is 11.1 Å². The predicted octanol–water partition coefficient (Wildman–Crippen LogP) is 3.01. The lowest BCUT2D eigenvalue weighted by molar-refractivity contribution is 0.0696. The number of rotatable bonds is 2. The van der Waals surface area contributed by atoms with E-state index < -0.39 is 5.97 Å². The molecule has 2 rings (SSSR count). The molecule has 0 spiro atoms. The molecule has 0 atom stereocenters. The molecule has 0 amide bonds. The first-order valence-electron chi connectivity index (χ1n) is 5.56. The van der Waals surface area contributed by atoms with Crippen molar-refractivity contribution >= 4 is 5.97 Å². The molecule has 0 aliphatic rings. The molecular formula is C17H10O2. The highest BCUT2D eigenvalue weighted by Gasteiger charge is 2.09. The van der Waals surface area contributed by atoms with Gasteiger partial charge in [0.1, 0.15) is 0 Å². The van der Waals surface area contributed by atoms with Gasteiger partial charge in [-0.2, -0.15) is 0 Å². The van der Waals surface area contributed by atoms with Crippen molar-refractivity contribution in [3.8, 4) is 35.8 Å². The normalized spacial score (nSPS) is 9.37. The van der Waals surface area contributed by atoms with E-state index in [1.807, 2.05) is 24.3 Å². The molecule has 0 aliphatic carbocycles. The van der Waals surface area contributed by atoms with Gasteiger partial charge in [0.05, 0.1) is 5.56 Å². The van der Waals surface area contributed by atoms with E-state index in [9.17, 15) is 4.79 Å². The van der Waals surface area contributed by atoms with Gasteiger partial charge in [-0.1, -0.05) is 30.0 Å². The Labute approximate surface area is 111 Å². The van der Waals surface area contributed by atoms with Crippen LogP contribution < -0.4 is 0 Å². The van der Waals surface area contributed by atoms with Gasteiger partial charge in [0.25, 0.3) is 0 Å². The molecule has 90 valence electrons. The molecule has 0 saturated heterocycles. The highest BCUT2D eigenvalue weighted by Crippen LogP contribution is 2.23. The number of aromatic carboxylic acids is 1. The molecule has 0 aromatic heterocycles. The van der Waals surface area contributed by atoms with Crippen LogP contribution in [0.25, 0.3) is 11.1 Å². The first kappa shape index (κ1) is 12.5. The zero-order valence-corrected chi connectivity index (χ0v) is 10.1. The smallest absolute Gasteiger partial charge is 0.336 e. The Morgan fingerprint density at radius 2 is 1.74 bits per heavy atom. The molecule has 2 heteroatoms. The first-order valence-corrected chi connectivity index (χ1v) is 5.56. The maximum atomic E-state index is 11.0. The molecule has 2 aromatic rings. The number of carbonyl (C=O) groups is 1. The number of hydrogen-bond acceptors (Lipinski definition) is 1. The number of carboxylic acids is 1. The Kier molecular flexibility index (Phi) is 3.37. The SMILES string of the molecule is C#Cc1cccc(-c2ccc(C(=O)O)c(C#C)c2)c1. The van der Waals surface area contributed by atoms with E-state index in [-0.39, 0.29) is 5.56 Å². The average Bonchev–Trinajstić information content (AvgIpc) is 2.46. The van der Waals surface area contributed by atoms with Crippen molar-refractivity contribution in [1.82, 2.24) is 0 Å². The van der Waals surface area contributed by atoms with Crippen molar-refractivity contribution in [2.75, 3.05) is 0 Å². The summed E-state index contributed by atoms with van der Waals surface area (Å²) in [6.07, 6.45) is 10.7. The number of hydrogen-bond donors (Lipinski definition) is 1. The van der Waals surface area contributed by atoms with Gasteiger partial charge in [-0.25, -0.2) is 4.79 Å². The fourth-order valence-electron chi connectivity index (χ4n) is 1.82. The third-order valence-electron chi connectivity index (χ3n) is 2.77. The van der Waals surface area contributed by atoms with E-state index in [0.29, 0.717) is 5.56 Å². The lowest BCUT2D eigenvalue weighted by Gasteiger charge is -2.05. The lowest BCUT2D eigenvalue weighted by Crippen LogP contribution is -2.00. The van der Waals surface area contributed by atoms with E-state index in [1.54, 1.807) is 12.1 Å². The maximum absolute atomic E-state index is 11.0. The zero-order valence-electron chi connectivity index (χ0n) is 10.1. The summed E-state index contributed by atoms with van der Waals surface area (Å²) in [5.74, 6) is 3.92. The Bertz CT molecular complexity index is 728. The quantitative estimate of drug-likeness (QED) is 0.827. The number of benzene rings is 2. The average molecular weight is 246 g/mol. The van der Waals surface area contributed by atoms with Gasteiger partial charge >= 0.3 is 5.97 Å². The summed E-state index contributed by atoms with van der Waals surface area (Å²) in [5.41, 5.74) is 3.00. The minimum absolute atomic E-state index is 0.124. The van der Waals surface area contributed by atoms with Gasteiger partial charge in [-0.15, -0.1) is 12.8 Å². The van der Waals surface area contributed by atoms with Gasteiger partial charge in [0.2, 0.25) is 0 Å². The molecule has 0 bridgehead atoms. The number of carboxylic acid groups (broad SMARTS) is 1. The van der Waals surface area contributed by atoms with E-state index in [1.165, 1.54) is 6.07 Å². The third-order valence-corrected chi connectivity index (χ3v) is 2.77. The molecule has 0 aliphatic heterocycles. The van der Waals surface area contributed by atoms with Gasteiger partial charge in [-0.3, -0.25) is 0 Å². The van der Waals surface area contributed by atoms with Crippen LogP contribution in [0.2, 0.25) is 0 Å². The summed E-state index contributed by atoms with van der Waals surface area (Å²) in [6, 6.07) is 12.4. The van der Waals surface area contributed by atoms with Crippen LogP contribution in [0.5, 0.6) is 0 Å². The molecule has 0 heterocycles. The Morgan fingerprint density at radius 3 is 2.37 bits per heavy atom. The second kappa shape index (κ2) is 5.12. The summed E-state index contributed by atoms with van der Waals surface area (Å²) in [5, 5.41) is 9.02. The summed E-state index contributed by atoms with van der Waals surface area (Å²) < 4.78 is 0. The highest BCUT2D eigenvalue weighted by molar-refractivity contribution is 5.91. The van der Waals surface area contributed by atoms with Crippen molar-refractivity contribution < 1.29 is 9.90 Å². The summed E-state index contributed by atoms with van der Waals surface area (Å²) >= 11 is 0. The second-order valence-corrected chi connectivity index (χ2v) is 3.93. The minimum Gasteiger partial charge on any atom is -0.478 e. The van der Waals surface area contributed by atoms with Gasteiger partial charge < -0.3 is 5.11 Å². The topological polar surface area (TPSA) is 37.3 Å². The van der Waals surface area contributed by atoms with E-state index >= 15 is 0 Å². The lowest BCUT2D eigenvalue weighted by atomic mass is 9.98. The van der Waals surface area contributed by atoms with E-state index in [4.69, 9.17) is 18.0 Å². The van der Waals surface area contributed by atoms with Crippen LogP contribution >= 0.6 is 0 Å². The van der Waals surface area contributed by atoms with E-state index in [2.05, 4.69) is 11.8 Å². The van der Waals surface area contributed by atoms with E-state index in [0.717, 1.165) is 16.7 Å². The van der Waals surface area contributed by atoms with Crippen molar-refractivity contribution in [3.63, 3.8) is 0 Å². The van der Waals surface area contributed by atoms with Crippen LogP contribution in [0.4, 0.5) is 0 Å². The molecule has 0 unspecified atom stereocenters. The monoisotopic (exact) mass is 246 g/mol. The molecule has 1 N–H and O–H groups in total. The van der Waals surface area contributed by atoms with Crippen molar-refractivity contribution in [1.29, 1.82) is 0 Å². The van der Waals surface area contributed by atoms with Crippen LogP contribution in [0.1, 0.15) is 21.5 Å². The fourth-order valence-corrected chi connectivity index (χ4v) is 1.82. The summed E-state index contributed by atoms with van der Waals surface area (Å²) in [4.78, 5) is 11.0. The fraction of sp³-hybridized carbons (Fsp3) is 0. The summed E-state index contributed by atoms with van der Waals surface area (Å²) in [6.45, 7) is 0. The number of terminal acetylenes is 2. The Balaban J connectivity index is 2.56. The van der Waals surface area contributed by atoms with Crippen LogP contribution in [0.3, 0.4) is 0 Å². The molecule has 0 fully saturated rings. The standard InChI is InChI=1S/C17H10O2/c1-3-12-6-5-7-14(10-12)15-8-9-16(17(18)19)13(4-2)11-15/h1-2,5-11H,(H,18,19). The minimum atomic E-state index is -1.03. The van der Waals surface area contributed by atoms with Crippen molar-refractivity contribution in [2.45, 2.75) is 0 Å². The summed E-state index contributed by atoms with van der Waals surface area (Å²) in [7, 11) is 0. The van der Waals surface area contributed by atoms with Gasteiger partial charge in [0.15, 0.2) is 0 Å². The molecule has 2 aromatic carbocycles. The van der Waals surface area contributed by atoms with Crippen LogP contribution in [0, 0.1) is 24.7 Å². The van der Waals surface area contributed by atoms with Crippen molar-refractivity contribution in [2.24, 2.45) is 0 Å². The molecular weight excluding hydrogens is 236 g/mol. The highest BCUT2D eigenvalue weighted by atomic mass is 16.4. The molecule has 2 nitrogen and oxygen atoms in total.